The minimum absolute atomic E-state index is 0.419. The van der Waals surface area contributed by atoms with Crippen molar-refractivity contribution >= 4 is 7.12 Å². The Morgan fingerprint density at radius 1 is 1.18 bits per heavy atom. The molecule has 0 aromatic heterocycles. The van der Waals surface area contributed by atoms with Gasteiger partial charge in [-0.15, -0.1) is 0 Å². The molecule has 1 aliphatic rings. The third-order valence-corrected chi connectivity index (χ3v) is 2.77. The Kier molecular flexibility index (Phi) is 4.04. The van der Waals surface area contributed by atoms with Crippen LogP contribution in [0.2, 0.25) is 0 Å². The van der Waals surface area contributed by atoms with Crippen molar-refractivity contribution in [3.8, 4) is 11.5 Å². The fourth-order valence-electron chi connectivity index (χ4n) is 1.82. The van der Waals surface area contributed by atoms with Crippen LogP contribution in [0.15, 0.2) is 36.3 Å². The van der Waals surface area contributed by atoms with E-state index >= 15 is 0 Å². The lowest BCUT2D eigenvalue weighted by Gasteiger charge is -1.98. The van der Waals surface area contributed by atoms with Gasteiger partial charge in [-0.3, -0.25) is 0 Å². The molecule has 0 unspecified atom stereocenters. The average molecular weight is 231 g/mol. The molecule has 2 rings (SSSR count). The molecule has 0 aliphatic carbocycles. The average Bonchev–Trinajstić information content (AvgIpc) is 2.82. The predicted molar refractivity (Wildman–Crippen MR) is 71.4 cm³/mol. The van der Waals surface area contributed by atoms with Crippen LogP contribution >= 0.6 is 0 Å². The molecular weight excluding hydrogens is 211 g/mol. The first-order chi connectivity index (χ1) is 8.81. The monoisotopic (exact) mass is 231 g/mol. The van der Waals surface area contributed by atoms with Gasteiger partial charge in [0.25, 0.3) is 0 Å². The van der Waals surface area contributed by atoms with Crippen molar-refractivity contribution in [2.75, 3.05) is 0 Å². The summed E-state index contributed by atoms with van der Waals surface area (Å²) >= 11 is 0. The minimum Gasteiger partial charge on any atom is -0.520 e. The molecule has 0 fully saturated rings. The molecule has 0 amide bonds. The molecule has 1 aromatic rings. The van der Waals surface area contributed by atoms with E-state index in [1.807, 2.05) is 30.3 Å². The highest BCUT2D eigenvalue weighted by Crippen LogP contribution is 2.32. The first-order valence-corrected chi connectivity index (χ1v) is 6.40. The van der Waals surface area contributed by atoms with Crippen molar-refractivity contribution in [3.63, 3.8) is 0 Å². The van der Waals surface area contributed by atoms with Crippen molar-refractivity contribution in [1.82, 2.24) is 0 Å². The van der Waals surface area contributed by atoms with Crippen molar-refractivity contribution in [2.45, 2.75) is 39.0 Å². The number of unbranched alkanes of at least 4 members (excludes halogenated alkanes) is 4. The molecule has 0 bridgehead atoms. The maximum atomic E-state index is 7.94. The second kappa shape index (κ2) is 6.38. The van der Waals surface area contributed by atoms with Crippen LogP contribution in [0.4, 0.5) is 0 Å². The molecule has 1 heterocycles. The molecule has 0 spiro atoms. The van der Waals surface area contributed by atoms with Gasteiger partial charge in [-0.1, -0.05) is 44.4 Å². The predicted octanol–water partition coefficient (Wildman–Crippen LogP) is 4.01. The minimum atomic E-state index is -0.562. The molecule has 0 radical (unpaired) electrons. The Morgan fingerprint density at radius 3 is 2.53 bits per heavy atom. The maximum absolute atomic E-state index is 7.94. The summed E-state index contributed by atoms with van der Waals surface area (Å²) in [5, 5.41) is 0. The Balaban J connectivity index is 1.81. The van der Waals surface area contributed by atoms with E-state index in [9.17, 15) is 0 Å². The van der Waals surface area contributed by atoms with Crippen molar-refractivity contribution < 1.29 is 10.7 Å². The van der Waals surface area contributed by atoms with E-state index in [4.69, 9.17) is 10.7 Å². The van der Waals surface area contributed by atoms with Gasteiger partial charge in [0.2, 0.25) is 0 Å². The molecule has 0 saturated carbocycles. The quantitative estimate of drug-likeness (QED) is 0.544. The van der Waals surface area contributed by atoms with Crippen molar-refractivity contribution in [1.29, 1.82) is 0 Å². The summed E-state index contributed by atoms with van der Waals surface area (Å²) in [6.45, 7) is 2.20. The van der Waals surface area contributed by atoms with Gasteiger partial charge in [-0.2, -0.15) is 0 Å². The van der Waals surface area contributed by atoms with E-state index < -0.39 is 7.12 Å². The SMILES string of the molecule is [2H]/C(=C/CCCCCC)B1Oc2ccccc2O1. The van der Waals surface area contributed by atoms with Crippen LogP contribution in [0.25, 0.3) is 0 Å². The van der Waals surface area contributed by atoms with Crippen LogP contribution in [-0.2, 0) is 0 Å². The van der Waals surface area contributed by atoms with Crippen molar-refractivity contribution in [2.24, 2.45) is 0 Å². The molecule has 90 valence electrons. The fraction of sp³-hybridized carbons (Fsp3) is 0.429. The number of para-hydroxylation sites is 2. The highest BCUT2D eigenvalue weighted by atomic mass is 16.6. The Labute approximate surface area is 105 Å². The molecule has 3 heteroatoms. The lowest BCUT2D eigenvalue weighted by molar-refractivity contribution is 0.517. The van der Waals surface area contributed by atoms with Crippen LogP contribution in [-0.4, -0.2) is 7.12 Å². The third-order valence-electron chi connectivity index (χ3n) is 2.77. The summed E-state index contributed by atoms with van der Waals surface area (Å²) in [5.74, 6) is 1.88. The molecule has 0 saturated heterocycles. The normalized spacial score (nSPS) is 15.0. The highest BCUT2D eigenvalue weighted by Gasteiger charge is 2.28. The van der Waals surface area contributed by atoms with Gasteiger partial charge in [0.1, 0.15) is 11.5 Å². The molecular formula is C14H19BO2. The standard InChI is InChI=1S/C14H19BO2/c1-2-3-4-5-6-9-12-15-16-13-10-7-8-11-14(13)17-15/h7-12H,2-6H2,1H3/b12-9-/i12D. The largest absolute Gasteiger partial charge is 0.624 e. The second-order valence-electron chi connectivity index (χ2n) is 4.23. The van der Waals surface area contributed by atoms with E-state index in [0.717, 1.165) is 24.3 Å². The van der Waals surface area contributed by atoms with E-state index in [-0.39, 0.29) is 0 Å². The van der Waals surface area contributed by atoms with Crippen LogP contribution in [0.1, 0.15) is 40.4 Å². The van der Waals surface area contributed by atoms with E-state index in [2.05, 4.69) is 6.92 Å². The van der Waals surface area contributed by atoms with Gasteiger partial charge in [-0.25, -0.2) is 0 Å². The van der Waals surface area contributed by atoms with Gasteiger partial charge < -0.3 is 9.31 Å². The lowest BCUT2D eigenvalue weighted by Crippen LogP contribution is -2.21. The van der Waals surface area contributed by atoms with Crippen LogP contribution in [0.3, 0.4) is 0 Å². The molecule has 2 nitrogen and oxygen atoms in total. The first kappa shape index (κ1) is 10.8. The highest BCUT2D eigenvalue weighted by molar-refractivity contribution is 6.53. The molecule has 17 heavy (non-hydrogen) atoms. The Bertz CT molecular complexity index is 395. The summed E-state index contributed by atoms with van der Waals surface area (Å²) in [6, 6.07) is 7.54. The Morgan fingerprint density at radius 2 is 1.88 bits per heavy atom. The molecule has 1 aromatic carbocycles. The van der Waals surface area contributed by atoms with Crippen LogP contribution in [0, 0.1) is 0 Å². The lowest BCUT2D eigenvalue weighted by atomic mass is 9.90. The smallest absolute Gasteiger partial charge is 0.520 e. The molecule has 1 aliphatic heterocycles. The first-order valence-electron chi connectivity index (χ1n) is 6.90. The summed E-state index contributed by atoms with van der Waals surface area (Å²) < 4.78 is 19.1. The number of hydrogen-bond donors (Lipinski definition) is 0. The number of benzene rings is 1. The van der Waals surface area contributed by atoms with Gasteiger partial charge in [-0.05, 0) is 30.9 Å². The number of fused-ring (bicyclic) bond motifs is 1. The summed E-state index contributed by atoms with van der Waals surface area (Å²) in [5.41, 5.74) is 0. The third kappa shape index (κ3) is 3.55. The zero-order valence-electron chi connectivity index (χ0n) is 11.3. The fourth-order valence-corrected chi connectivity index (χ4v) is 1.82. The van der Waals surface area contributed by atoms with Gasteiger partial charge in [0.05, 0.1) is 1.37 Å². The van der Waals surface area contributed by atoms with Gasteiger partial charge >= 0.3 is 7.12 Å². The van der Waals surface area contributed by atoms with Gasteiger partial charge in [0.15, 0.2) is 0 Å². The van der Waals surface area contributed by atoms with E-state index in [1.165, 1.54) is 19.3 Å². The van der Waals surface area contributed by atoms with E-state index in [1.54, 1.807) is 0 Å². The number of hydrogen-bond acceptors (Lipinski definition) is 2. The summed E-state index contributed by atoms with van der Waals surface area (Å²) in [4.78, 5) is 0. The zero-order valence-corrected chi connectivity index (χ0v) is 10.3. The van der Waals surface area contributed by atoms with Crippen molar-refractivity contribution in [3.05, 3.63) is 36.3 Å². The number of allylic oxidation sites excluding steroid dienone is 1. The summed E-state index contributed by atoms with van der Waals surface area (Å²) in [7, 11) is -0.562. The van der Waals surface area contributed by atoms with Crippen LogP contribution < -0.4 is 9.31 Å². The molecule has 0 N–H and O–H groups in total. The van der Waals surface area contributed by atoms with Crippen LogP contribution in [0.5, 0.6) is 11.5 Å². The van der Waals surface area contributed by atoms with Gasteiger partial charge in [0, 0.05) is 0 Å². The van der Waals surface area contributed by atoms with E-state index in [0.29, 0.717) is 5.95 Å². The summed E-state index contributed by atoms with van der Waals surface area (Å²) in [6.07, 6.45) is 7.71. The number of rotatable bonds is 6. The zero-order chi connectivity index (χ0) is 12.8. The molecule has 0 atom stereocenters. The second-order valence-corrected chi connectivity index (χ2v) is 4.23. The Hall–Kier alpha value is -1.38. The topological polar surface area (TPSA) is 18.5 Å². The maximum Gasteiger partial charge on any atom is 0.624 e.